The van der Waals surface area contributed by atoms with Crippen molar-refractivity contribution in [2.45, 2.75) is 57.2 Å². The maximum atomic E-state index is 13.2. The van der Waals surface area contributed by atoms with Crippen LogP contribution in [0, 0.1) is 5.92 Å². The zero-order valence-electron chi connectivity index (χ0n) is 22.2. The maximum Gasteiger partial charge on any atom is 0.421 e. The Kier molecular flexibility index (Phi) is 10.4. The van der Waals surface area contributed by atoms with Crippen LogP contribution in [0.25, 0.3) is 11.1 Å². The second-order valence-electron chi connectivity index (χ2n) is 9.60. The molecule has 2 amide bonds. The van der Waals surface area contributed by atoms with Crippen molar-refractivity contribution >= 4 is 50.4 Å². The van der Waals surface area contributed by atoms with Crippen LogP contribution in [0.5, 0.6) is 0 Å². The summed E-state index contributed by atoms with van der Waals surface area (Å²) in [5.41, 5.74) is 2.55. The van der Waals surface area contributed by atoms with Crippen molar-refractivity contribution in [1.29, 1.82) is 0 Å². The number of thiocarbonyl (C=S) groups is 1. The number of amides is 2. The highest BCUT2D eigenvalue weighted by molar-refractivity contribution is 7.92. The van der Waals surface area contributed by atoms with E-state index in [1.807, 2.05) is 49.4 Å². The fourth-order valence-corrected chi connectivity index (χ4v) is 7.04. The summed E-state index contributed by atoms with van der Waals surface area (Å²) in [5, 5.41) is 0. The number of nitrogens with one attached hydrogen (secondary N) is 1. The molecule has 1 aromatic heterocycles. The third-order valence-electron chi connectivity index (χ3n) is 5.79. The molecule has 0 atom stereocenters. The van der Waals surface area contributed by atoms with Gasteiger partial charge in [0.25, 0.3) is 15.9 Å². The van der Waals surface area contributed by atoms with Gasteiger partial charge in [-0.05, 0) is 48.1 Å². The normalized spacial score (nSPS) is 13.4. The van der Waals surface area contributed by atoms with Gasteiger partial charge in [-0.3, -0.25) is 4.79 Å². The van der Waals surface area contributed by atoms with Crippen molar-refractivity contribution in [2.75, 3.05) is 13.7 Å². The largest absolute Gasteiger partial charge is 0.449 e. The summed E-state index contributed by atoms with van der Waals surface area (Å²) in [6, 6.07) is 9.29. The molecule has 0 unspecified atom stereocenters. The number of likely N-dealkylation sites (N-methyl/N-ethyl adjacent to an activating group) is 1. The molecule has 0 fully saturated rings. The quantitative estimate of drug-likeness (QED) is 0.260. The average molecular weight is 575 g/mol. The molecule has 0 bridgehead atoms. The number of carbonyl (C=O) groups excluding carboxylic acids is 2. The predicted octanol–water partition coefficient (Wildman–Crippen LogP) is 6.04. The first-order valence-corrected chi connectivity index (χ1v) is 15.3. The molecule has 0 saturated carbocycles. The first kappa shape index (κ1) is 29.7. The van der Waals surface area contributed by atoms with Crippen LogP contribution in [0.1, 0.15) is 50.5 Å². The summed E-state index contributed by atoms with van der Waals surface area (Å²) >= 11 is 6.50. The lowest BCUT2D eigenvalue weighted by atomic mass is 10.0. The van der Waals surface area contributed by atoms with Crippen LogP contribution in [0.2, 0.25) is 0 Å². The third-order valence-corrected chi connectivity index (χ3v) is 9.18. The van der Waals surface area contributed by atoms with Crippen LogP contribution in [0.15, 0.2) is 58.3 Å². The summed E-state index contributed by atoms with van der Waals surface area (Å²) in [7, 11) is -2.44. The van der Waals surface area contributed by atoms with Gasteiger partial charge in [0.15, 0.2) is 0 Å². The molecule has 10 heteroatoms. The van der Waals surface area contributed by atoms with Gasteiger partial charge in [-0.2, -0.15) is 0 Å². The van der Waals surface area contributed by atoms with E-state index in [0.717, 1.165) is 28.2 Å². The number of rotatable bonds is 11. The molecule has 1 aliphatic rings. The summed E-state index contributed by atoms with van der Waals surface area (Å²) in [4.78, 5) is 28.2. The van der Waals surface area contributed by atoms with Gasteiger partial charge in [-0.1, -0.05) is 69.8 Å². The first-order chi connectivity index (χ1) is 18.0. The van der Waals surface area contributed by atoms with Crippen LogP contribution in [-0.2, 0) is 32.5 Å². The number of ether oxygens (including phenoxy) is 1. The minimum Gasteiger partial charge on any atom is -0.449 e. The molecule has 7 nitrogen and oxygen atoms in total. The van der Waals surface area contributed by atoms with E-state index in [-0.39, 0.29) is 16.7 Å². The van der Waals surface area contributed by atoms with E-state index < -0.39 is 16.1 Å². The fraction of sp³-hybridized carbons (Fsp3) is 0.393. The predicted molar refractivity (Wildman–Crippen MR) is 156 cm³/mol. The van der Waals surface area contributed by atoms with E-state index in [1.54, 1.807) is 18.0 Å². The lowest BCUT2D eigenvalue weighted by Gasteiger charge is -2.20. The minimum atomic E-state index is -4.16. The highest BCUT2D eigenvalue weighted by atomic mass is 32.2. The van der Waals surface area contributed by atoms with E-state index in [0.29, 0.717) is 53.3 Å². The molecule has 0 aliphatic heterocycles. The SMILES string of the molecule is CCCCOC(=O)NS(=O)(=O)c1sc(CC(C)C)cc1-c1cccc(CN(C)C(=O)C2=CC=CCC2=S)c1. The standard InChI is InChI=1S/C28H34N2O5S3/c1-5-6-14-35-28(32)29-38(33,34)27-24(17-22(37-27)15-19(2)3)21-11-9-10-20(16-21)18-30(4)26(31)23-12-7-8-13-25(23)36/h7-12,16-17,19H,5-6,13-15,18H2,1-4H3,(H,29,32). The Bertz CT molecular complexity index is 1360. The zero-order chi connectivity index (χ0) is 27.9. The van der Waals surface area contributed by atoms with Gasteiger partial charge in [0.05, 0.1) is 12.2 Å². The first-order valence-electron chi connectivity index (χ1n) is 12.6. The number of allylic oxidation sites excluding steroid dienone is 3. The molecule has 0 saturated heterocycles. The molecule has 3 rings (SSSR count). The van der Waals surface area contributed by atoms with Gasteiger partial charge in [0.2, 0.25) is 0 Å². The number of nitrogens with zero attached hydrogens (tertiary/aromatic N) is 1. The van der Waals surface area contributed by atoms with E-state index >= 15 is 0 Å². The summed E-state index contributed by atoms with van der Waals surface area (Å²) < 4.78 is 33.6. The molecule has 0 spiro atoms. The topological polar surface area (TPSA) is 92.8 Å². The van der Waals surface area contributed by atoms with Crippen LogP contribution in [-0.4, -0.2) is 43.8 Å². The summed E-state index contributed by atoms with van der Waals surface area (Å²) in [6.45, 7) is 6.55. The van der Waals surface area contributed by atoms with E-state index in [2.05, 4.69) is 18.6 Å². The highest BCUT2D eigenvalue weighted by Crippen LogP contribution is 2.36. The lowest BCUT2D eigenvalue weighted by molar-refractivity contribution is -0.125. The molecule has 1 heterocycles. The Morgan fingerprint density at radius 2 is 2.00 bits per heavy atom. The van der Waals surface area contributed by atoms with Gasteiger partial charge >= 0.3 is 6.09 Å². The Morgan fingerprint density at radius 3 is 2.68 bits per heavy atom. The van der Waals surface area contributed by atoms with Crippen LogP contribution in [0.3, 0.4) is 0 Å². The van der Waals surface area contributed by atoms with E-state index in [4.69, 9.17) is 17.0 Å². The van der Waals surface area contributed by atoms with Gasteiger partial charge < -0.3 is 9.64 Å². The van der Waals surface area contributed by atoms with Gasteiger partial charge in [0.1, 0.15) is 4.21 Å². The van der Waals surface area contributed by atoms with E-state index in [1.165, 1.54) is 0 Å². The number of sulfonamides is 1. The fourth-order valence-electron chi connectivity index (χ4n) is 3.94. The number of thiophene rings is 1. The smallest absolute Gasteiger partial charge is 0.421 e. The Balaban J connectivity index is 1.89. The highest BCUT2D eigenvalue weighted by Gasteiger charge is 2.27. The van der Waals surface area contributed by atoms with Crippen LogP contribution < -0.4 is 4.72 Å². The second-order valence-corrected chi connectivity index (χ2v) is 13.1. The Labute approximate surface area is 234 Å². The number of hydrogen-bond donors (Lipinski definition) is 1. The number of carbonyl (C=O) groups is 2. The third kappa shape index (κ3) is 7.85. The number of benzene rings is 1. The average Bonchev–Trinajstić information content (AvgIpc) is 3.28. The van der Waals surface area contributed by atoms with Gasteiger partial charge in [0, 0.05) is 35.3 Å². The lowest BCUT2D eigenvalue weighted by Crippen LogP contribution is -2.31. The maximum absolute atomic E-state index is 13.2. The molecule has 1 aromatic carbocycles. The van der Waals surface area contributed by atoms with Crippen molar-refractivity contribution in [3.63, 3.8) is 0 Å². The second kappa shape index (κ2) is 13.3. The van der Waals surface area contributed by atoms with Crippen LogP contribution in [0.4, 0.5) is 4.79 Å². The molecular formula is C28H34N2O5S3. The molecule has 204 valence electrons. The molecular weight excluding hydrogens is 541 g/mol. The molecule has 2 aromatic rings. The van der Waals surface area contributed by atoms with E-state index in [9.17, 15) is 18.0 Å². The van der Waals surface area contributed by atoms with Crippen molar-refractivity contribution < 1.29 is 22.7 Å². The Morgan fingerprint density at radius 1 is 1.24 bits per heavy atom. The summed E-state index contributed by atoms with van der Waals surface area (Å²) in [5.74, 6) is 0.165. The minimum absolute atomic E-state index is 0.0617. The number of hydrogen-bond acceptors (Lipinski definition) is 7. The van der Waals surface area contributed by atoms with Crippen molar-refractivity contribution in [1.82, 2.24) is 9.62 Å². The van der Waals surface area contributed by atoms with Gasteiger partial charge in [-0.25, -0.2) is 17.9 Å². The molecule has 1 aliphatic carbocycles. The summed E-state index contributed by atoms with van der Waals surface area (Å²) in [6.07, 6.45) is 7.26. The van der Waals surface area contributed by atoms with Crippen molar-refractivity contribution in [2.24, 2.45) is 5.92 Å². The molecule has 1 N–H and O–H groups in total. The Hall–Kier alpha value is -2.82. The van der Waals surface area contributed by atoms with Crippen molar-refractivity contribution in [3.8, 4) is 11.1 Å². The molecule has 0 radical (unpaired) electrons. The van der Waals surface area contributed by atoms with Crippen molar-refractivity contribution in [3.05, 3.63) is 64.6 Å². The number of unbranched alkanes of at least 4 members (excludes halogenated alkanes) is 1. The monoisotopic (exact) mass is 574 g/mol. The van der Waals surface area contributed by atoms with Gasteiger partial charge in [-0.15, -0.1) is 11.3 Å². The van der Waals surface area contributed by atoms with Crippen LogP contribution >= 0.6 is 23.6 Å². The molecule has 38 heavy (non-hydrogen) atoms. The zero-order valence-corrected chi connectivity index (χ0v) is 24.6.